The molecule has 2 aromatic rings. The minimum absolute atomic E-state index is 0.0395. The van der Waals surface area contributed by atoms with Crippen LogP contribution in [0.5, 0.6) is 0 Å². The SMILES string of the molecule is CN(CCC(F)(F)F)Cc1ccc(N)c2cccnc12. The highest BCUT2D eigenvalue weighted by atomic mass is 19.4. The third-order valence-electron chi connectivity index (χ3n) is 3.10. The Morgan fingerprint density at radius 1 is 1.25 bits per heavy atom. The van der Waals surface area contributed by atoms with Crippen LogP contribution in [0.25, 0.3) is 10.9 Å². The molecule has 6 heteroatoms. The lowest BCUT2D eigenvalue weighted by atomic mass is 10.1. The molecule has 0 aliphatic carbocycles. The lowest BCUT2D eigenvalue weighted by Crippen LogP contribution is -2.24. The van der Waals surface area contributed by atoms with E-state index in [-0.39, 0.29) is 6.54 Å². The Labute approximate surface area is 115 Å². The predicted molar refractivity (Wildman–Crippen MR) is 73.2 cm³/mol. The van der Waals surface area contributed by atoms with Gasteiger partial charge in [0.05, 0.1) is 11.9 Å². The molecule has 3 nitrogen and oxygen atoms in total. The van der Waals surface area contributed by atoms with E-state index in [4.69, 9.17) is 5.73 Å². The first-order valence-corrected chi connectivity index (χ1v) is 6.24. The van der Waals surface area contributed by atoms with Gasteiger partial charge in [0.2, 0.25) is 0 Å². The molecule has 1 aromatic carbocycles. The standard InChI is InChI=1S/C14H16F3N3/c1-20(8-6-14(15,16)17)9-10-4-5-12(18)11-3-2-7-19-13(10)11/h2-5,7H,6,8-9,18H2,1H3. The number of nitrogens with zero attached hydrogens (tertiary/aromatic N) is 2. The zero-order valence-electron chi connectivity index (χ0n) is 11.1. The molecule has 1 aromatic heterocycles. The second kappa shape index (κ2) is 5.66. The average Bonchev–Trinajstić information content (AvgIpc) is 2.39. The summed E-state index contributed by atoms with van der Waals surface area (Å²) >= 11 is 0. The van der Waals surface area contributed by atoms with E-state index in [9.17, 15) is 13.2 Å². The number of nitrogens with two attached hydrogens (primary N) is 1. The summed E-state index contributed by atoms with van der Waals surface area (Å²) in [5.74, 6) is 0. The summed E-state index contributed by atoms with van der Waals surface area (Å²) in [6.45, 7) is 0.367. The molecule has 1 heterocycles. The number of fused-ring (bicyclic) bond motifs is 1. The van der Waals surface area contributed by atoms with E-state index in [1.165, 1.54) is 0 Å². The maximum absolute atomic E-state index is 12.2. The maximum atomic E-state index is 12.2. The van der Waals surface area contributed by atoms with Crippen LogP contribution in [0.2, 0.25) is 0 Å². The van der Waals surface area contributed by atoms with Crippen LogP contribution in [0, 0.1) is 0 Å². The molecule has 0 aliphatic heterocycles. The fourth-order valence-electron chi connectivity index (χ4n) is 2.07. The minimum Gasteiger partial charge on any atom is -0.398 e. The highest BCUT2D eigenvalue weighted by Gasteiger charge is 2.27. The first-order valence-electron chi connectivity index (χ1n) is 6.24. The van der Waals surface area contributed by atoms with Crippen LogP contribution in [-0.4, -0.2) is 29.7 Å². The van der Waals surface area contributed by atoms with Crippen molar-refractivity contribution < 1.29 is 13.2 Å². The lowest BCUT2D eigenvalue weighted by molar-refractivity contribution is -0.137. The molecule has 0 bridgehead atoms. The van der Waals surface area contributed by atoms with E-state index in [1.54, 1.807) is 30.3 Å². The van der Waals surface area contributed by atoms with Crippen molar-refractivity contribution in [2.24, 2.45) is 0 Å². The van der Waals surface area contributed by atoms with Gasteiger partial charge in [-0.25, -0.2) is 0 Å². The predicted octanol–water partition coefficient (Wildman–Crippen LogP) is 3.20. The number of hydrogen-bond donors (Lipinski definition) is 1. The molecule has 2 rings (SSSR count). The fourth-order valence-corrected chi connectivity index (χ4v) is 2.07. The second-order valence-corrected chi connectivity index (χ2v) is 4.82. The van der Waals surface area contributed by atoms with Crippen molar-refractivity contribution >= 4 is 16.6 Å². The van der Waals surface area contributed by atoms with Gasteiger partial charge in [-0.15, -0.1) is 0 Å². The van der Waals surface area contributed by atoms with Crippen molar-refractivity contribution in [3.05, 3.63) is 36.0 Å². The van der Waals surface area contributed by atoms with Gasteiger partial charge in [0.1, 0.15) is 0 Å². The van der Waals surface area contributed by atoms with Crippen LogP contribution in [0.15, 0.2) is 30.5 Å². The van der Waals surface area contributed by atoms with E-state index in [0.29, 0.717) is 12.2 Å². The van der Waals surface area contributed by atoms with Crippen LogP contribution in [-0.2, 0) is 6.54 Å². The molecule has 2 N–H and O–H groups in total. The summed E-state index contributed by atoms with van der Waals surface area (Å²) in [4.78, 5) is 5.91. The van der Waals surface area contributed by atoms with Crippen molar-refractivity contribution in [2.45, 2.75) is 19.1 Å². The number of benzene rings is 1. The molecule has 0 unspecified atom stereocenters. The number of pyridine rings is 1. The number of rotatable bonds is 4. The van der Waals surface area contributed by atoms with Gasteiger partial charge >= 0.3 is 6.18 Å². The zero-order chi connectivity index (χ0) is 14.8. The highest BCUT2D eigenvalue weighted by Crippen LogP contribution is 2.24. The van der Waals surface area contributed by atoms with Crippen LogP contribution in [0.1, 0.15) is 12.0 Å². The molecule has 0 fully saturated rings. The van der Waals surface area contributed by atoms with Crippen molar-refractivity contribution in [2.75, 3.05) is 19.3 Å². The van der Waals surface area contributed by atoms with Crippen molar-refractivity contribution in [3.63, 3.8) is 0 Å². The third-order valence-corrected chi connectivity index (χ3v) is 3.10. The number of hydrogen-bond acceptors (Lipinski definition) is 3. The molecule has 0 saturated heterocycles. The Hall–Kier alpha value is -1.82. The molecule has 0 saturated carbocycles. The van der Waals surface area contributed by atoms with E-state index < -0.39 is 12.6 Å². The lowest BCUT2D eigenvalue weighted by Gasteiger charge is -2.18. The monoisotopic (exact) mass is 283 g/mol. The summed E-state index contributed by atoms with van der Waals surface area (Å²) in [5, 5.41) is 0.828. The molecular formula is C14H16F3N3. The first-order chi connectivity index (χ1) is 9.37. The van der Waals surface area contributed by atoms with Crippen molar-refractivity contribution in [1.29, 1.82) is 0 Å². The normalized spacial score (nSPS) is 12.2. The summed E-state index contributed by atoms with van der Waals surface area (Å²) in [5.41, 5.74) is 8.11. The third kappa shape index (κ3) is 3.60. The molecule has 0 amide bonds. The first kappa shape index (κ1) is 14.6. The maximum Gasteiger partial charge on any atom is 0.390 e. The van der Waals surface area contributed by atoms with Gasteiger partial charge in [0.15, 0.2) is 0 Å². The van der Waals surface area contributed by atoms with Gasteiger partial charge in [0, 0.05) is 30.4 Å². The second-order valence-electron chi connectivity index (χ2n) is 4.82. The Morgan fingerprint density at radius 3 is 2.70 bits per heavy atom. The summed E-state index contributed by atoms with van der Waals surface area (Å²) in [6, 6.07) is 7.22. The summed E-state index contributed by atoms with van der Waals surface area (Å²) < 4.78 is 36.6. The smallest absolute Gasteiger partial charge is 0.390 e. The van der Waals surface area contributed by atoms with E-state index in [0.717, 1.165) is 16.5 Å². The van der Waals surface area contributed by atoms with Gasteiger partial charge < -0.3 is 10.6 Å². The number of halogens is 3. The van der Waals surface area contributed by atoms with E-state index in [1.807, 2.05) is 12.1 Å². The zero-order valence-corrected chi connectivity index (χ0v) is 11.1. The Kier molecular flexibility index (Phi) is 4.13. The number of aromatic nitrogens is 1. The molecule has 108 valence electrons. The van der Waals surface area contributed by atoms with Crippen LogP contribution >= 0.6 is 0 Å². The molecule has 0 radical (unpaired) electrons. The summed E-state index contributed by atoms with van der Waals surface area (Å²) in [7, 11) is 1.66. The highest BCUT2D eigenvalue weighted by molar-refractivity contribution is 5.92. The van der Waals surface area contributed by atoms with Gasteiger partial charge in [-0.2, -0.15) is 13.2 Å². The average molecular weight is 283 g/mol. The van der Waals surface area contributed by atoms with Crippen LogP contribution in [0.4, 0.5) is 18.9 Å². The minimum atomic E-state index is -4.13. The Balaban J connectivity index is 2.16. The molecule has 0 spiro atoms. The fraction of sp³-hybridized carbons (Fsp3) is 0.357. The van der Waals surface area contributed by atoms with Crippen LogP contribution < -0.4 is 5.73 Å². The van der Waals surface area contributed by atoms with Crippen LogP contribution in [0.3, 0.4) is 0 Å². The number of alkyl halides is 3. The molecule has 0 aliphatic rings. The van der Waals surface area contributed by atoms with Gasteiger partial charge in [0.25, 0.3) is 0 Å². The van der Waals surface area contributed by atoms with Gasteiger partial charge in [-0.1, -0.05) is 6.07 Å². The van der Waals surface area contributed by atoms with E-state index in [2.05, 4.69) is 4.98 Å². The molecule has 0 atom stereocenters. The summed E-state index contributed by atoms with van der Waals surface area (Å²) in [6.07, 6.45) is -3.29. The largest absolute Gasteiger partial charge is 0.398 e. The Bertz CT molecular complexity index is 596. The van der Waals surface area contributed by atoms with Gasteiger partial charge in [-0.05, 0) is 30.8 Å². The quantitative estimate of drug-likeness (QED) is 0.876. The molecule has 20 heavy (non-hydrogen) atoms. The Morgan fingerprint density at radius 2 is 2.00 bits per heavy atom. The molecular weight excluding hydrogens is 267 g/mol. The van der Waals surface area contributed by atoms with Gasteiger partial charge in [-0.3, -0.25) is 4.98 Å². The number of nitrogen functional groups attached to an aromatic ring is 1. The van der Waals surface area contributed by atoms with Crippen molar-refractivity contribution in [1.82, 2.24) is 9.88 Å². The van der Waals surface area contributed by atoms with E-state index >= 15 is 0 Å². The number of anilines is 1. The topological polar surface area (TPSA) is 42.1 Å². The van der Waals surface area contributed by atoms with Crippen molar-refractivity contribution in [3.8, 4) is 0 Å².